The molecule has 1 aliphatic rings. The number of hydrogen-bond acceptors (Lipinski definition) is 6. The molecule has 0 unspecified atom stereocenters. The van der Waals surface area contributed by atoms with E-state index in [-0.39, 0.29) is 12.3 Å². The Bertz CT molecular complexity index is 789. The number of alkyl carbamates (subject to hydrolysis) is 1. The number of carbonyl (C=O) groups excluding carboxylic acids is 2. The van der Waals surface area contributed by atoms with Crippen LogP contribution in [-0.4, -0.2) is 65.1 Å². The summed E-state index contributed by atoms with van der Waals surface area (Å²) in [5.41, 5.74) is 0.516. The number of ether oxygens (including phenoxy) is 1. The highest BCUT2D eigenvalue weighted by molar-refractivity contribution is 7.18. The highest BCUT2D eigenvalue weighted by Crippen LogP contribution is 2.23. The summed E-state index contributed by atoms with van der Waals surface area (Å²) < 4.78 is 6.38. The van der Waals surface area contributed by atoms with Crippen LogP contribution in [0.15, 0.2) is 24.3 Å². The Balaban J connectivity index is 1.38. The zero-order chi connectivity index (χ0) is 20.1. The SMILES string of the molecule is CC(C)(C)OC(=O)NCCC(=O)N1CCN(Cc2nc3ccccc3s2)CC1. The van der Waals surface area contributed by atoms with Crippen LogP contribution >= 0.6 is 11.3 Å². The number of thiazole rings is 1. The molecule has 1 fully saturated rings. The Morgan fingerprint density at radius 2 is 1.89 bits per heavy atom. The first-order chi connectivity index (χ1) is 13.3. The molecule has 1 aromatic heterocycles. The van der Waals surface area contributed by atoms with Crippen molar-refractivity contribution in [2.45, 2.75) is 39.3 Å². The van der Waals surface area contributed by atoms with Crippen molar-refractivity contribution in [3.63, 3.8) is 0 Å². The van der Waals surface area contributed by atoms with Gasteiger partial charge in [0.1, 0.15) is 10.6 Å². The van der Waals surface area contributed by atoms with Crippen LogP contribution in [-0.2, 0) is 16.1 Å². The average molecular weight is 405 g/mol. The van der Waals surface area contributed by atoms with Gasteiger partial charge in [-0.25, -0.2) is 9.78 Å². The summed E-state index contributed by atoms with van der Waals surface area (Å²) in [6.45, 7) is 9.62. The van der Waals surface area contributed by atoms with E-state index in [9.17, 15) is 9.59 Å². The summed E-state index contributed by atoms with van der Waals surface area (Å²) in [5.74, 6) is 0.0655. The van der Waals surface area contributed by atoms with Crippen molar-refractivity contribution in [1.82, 2.24) is 20.1 Å². The van der Waals surface area contributed by atoms with Crippen LogP contribution < -0.4 is 5.32 Å². The Morgan fingerprint density at radius 1 is 1.18 bits per heavy atom. The van der Waals surface area contributed by atoms with Crippen LogP contribution in [0.25, 0.3) is 10.2 Å². The van der Waals surface area contributed by atoms with E-state index in [1.54, 1.807) is 11.3 Å². The van der Waals surface area contributed by atoms with E-state index >= 15 is 0 Å². The molecule has 1 saturated heterocycles. The topological polar surface area (TPSA) is 74.8 Å². The van der Waals surface area contributed by atoms with Gasteiger partial charge in [-0.15, -0.1) is 11.3 Å². The van der Waals surface area contributed by atoms with Gasteiger partial charge in [0.15, 0.2) is 0 Å². The maximum Gasteiger partial charge on any atom is 0.407 e. The molecule has 2 amide bonds. The third-order valence-corrected chi connectivity index (χ3v) is 5.45. The molecule has 2 heterocycles. The fraction of sp³-hybridized carbons (Fsp3) is 0.550. The minimum absolute atomic E-state index is 0.0655. The van der Waals surface area contributed by atoms with Crippen LogP contribution in [0.5, 0.6) is 0 Å². The van der Waals surface area contributed by atoms with Gasteiger partial charge in [-0.3, -0.25) is 9.69 Å². The van der Waals surface area contributed by atoms with Gasteiger partial charge in [0.05, 0.1) is 16.8 Å². The predicted molar refractivity (Wildman–Crippen MR) is 110 cm³/mol. The first kappa shape index (κ1) is 20.5. The molecule has 0 bridgehead atoms. The van der Waals surface area contributed by atoms with Crippen LogP contribution in [0.4, 0.5) is 4.79 Å². The summed E-state index contributed by atoms with van der Waals surface area (Å²) in [7, 11) is 0. The fourth-order valence-corrected chi connectivity index (χ4v) is 4.09. The van der Waals surface area contributed by atoms with Gasteiger partial charge < -0.3 is 15.0 Å². The molecular formula is C20H28N4O3S. The Morgan fingerprint density at radius 3 is 2.57 bits per heavy atom. The molecule has 1 aliphatic heterocycles. The van der Waals surface area contributed by atoms with Gasteiger partial charge in [-0.2, -0.15) is 0 Å². The minimum atomic E-state index is -0.534. The van der Waals surface area contributed by atoms with Gasteiger partial charge in [-0.05, 0) is 32.9 Å². The summed E-state index contributed by atoms with van der Waals surface area (Å²) in [6, 6.07) is 8.18. The molecule has 0 atom stereocenters. The smallest absolute Gasteiger partial charge is 0.407 e. The number of hydrogen-bond donors (Lipinski definition) is 1. The number of fused-ring (bicyclic) bond motifs is 1. The number of carbonyl (C=O) groups is 2. The number of nitrogens with one attached hydrogen (secondary N) is 1. The lowest BCUT2D eigenvalue weighted by atomic mass is 10.2. The third kappa shape index (κ3) is 5.90. The number of piperazine rings is 1. The molecule has 1 aromatic carbocycles. The standard InChI is InChI=1S/C20H28N4O3S/c1-20(2,3)27-19(26)21-9-8-18(25)24-12-10-23(11-13-24)14-17-22-15-6-4-5-7-16(15)28-17/h4-7H,8-14H2,1-3H3,(H,21,26). The lowest BCUT2D eigenvalue weighted by Crippen LogP contribution is -2.48. The molecule has 152 valence electrons. The molecule has 28 heavy (non-hydrogen) atoms. The molecular weight excluding hydrogens is 376 g/mol. The lowest BCUT2D eigenvalue weighted by Gasteiger charge is -2.34. The normalized spacial score (nSPS) is 15.6. The van der Waals surface area contributed by atoms with Crippen molar-refractivity contribution >= 4 is 33.6 Å². The highest BCUT2D eigenvalue weighted by atomic mass is 32.1. The molecule has 3 rings (SSSR count). The Hall–Kier alpha value is -2.19. The number of nitrogens with zero attached hydrogens (tertiary/aromatic N) is 3. The molecule has 8 heteroatoms. The van der Waals surface area contributed by atoms with E-state index in [2.05, 4.69) is 21.3 Å². The van der Waals surface area contributed by atoms with Gasteiger partial charge in [0.2, 0.25) is 5.91 Å². The second kappa shape index (κ2) is 8.87. The molecule has 0 aliphatic carbocycles. The molecule has 7 nitrogen and oxygen atoms in total. The number of aromatic nitrogens is 1. The second-order valence-electron chi connectivity index (χ2n) is 7.91. The van der Waals surface area contributed by atoms with Crippen molar-refractivity contribution in [3.05, 3.63) is 29.3 Å². The number of para-hydroxylation sites is 1. The van der Waals surface area contributed by atoms with Crippen LogP contribution in [0.2, 0.25) is 0 Å². The van der Waals surface area contributed by atoms with Crippen molar-refractivity contribution < 1.29 is 14.3 Å². The van der Waals surface area contributed by atoms with Crippen LogP contribution in [0.3, 0.4) is 0 Å². The van der Waals surface area contributed by atoms with E-state index < -0.39 is 11.7 Å². The fourth-order valence-electron chi connectivity index (χ4n) is 3.08. The zero-order valence-electron chi connectivity index (χ0n) is 16.7. The van der Waals surface area contributed by atoms with Gasteiger partial charge in [-0.1, -0.05) is 12.1 Å². The summed E-state index contributed by atoms with van der Waals surface area (Å²) in [6.07, 6.45) is -0.196. The highest BCUT2D eigenvalue weighted by Gasteiger charge is 2.22. The van der Waals surface area contributed by atoms with E-state index in [1.807, 2.05) is 43.9 Å². The van der Waals surface area contributed by atoms with Crippen molar-refractivity contribution in [2.75, 3.05) is 32.7 Å². The van der Waals surface area contributed by atoms with Crippen molar-refractivity contribution in [1.29, 1.82) is 0 Å². The first-order valence-electron chi connectivity index (χ1n) is 9.61. The summed E-state index contributed by atoms with van der Waals surface area (Å²) >= 11 is 1.73. The first-order valence-corrected chi connectivity index (χ1v) is 10.4. The van der Waals surface area contributed by atoms with Crippen LogP contribution in [0.1, 0.15) is 32.2 Å². The maximum atomic E-state index is 12.4. The van der Waals surface area contributed by atoms with Gasteiger partial charge in [0.25, 0.3) is 0 Å². The Labute approximate surface area is 169 Å². The minimum Gasteiger partial charge on any atom is -0.444 e. The predicted octanol–water partition coefficient (Wildman–Crippen LogP) is 2.86. The third-order valence-electron chi connectivity index (χ3n) is 4.43. The molecule has 2 aromatic rings. The van der Waals surface area contributed by atoms with E-state index in [1.165, 1.54) is 4.70 Å². The second-order valence-corrected chi connectivity index (χ2v) is 9.03. The average Bonchev–Trinajstić information content (AvgIpc) is 3.03. The molecule has 0 radical (unpaired) electrons. The maximum absolute atomic E-state index is 12.4. The number of amides is 2. The van der Waals surface area contributed by atoms with Crippen molar-refractivity contribution in [3.8, 4) is 0 Å². The van der Waals surface area contributed by atoms with Gasteiger partial charge in [0, 0.05) is 39.1 Å². The van der Waals surface area contributed by atoms with E-state index in [4.69, 9.17) is 4.74 Å². The largest absolute Gasteiger partial charge is 0.444 e. The molecule has 0 saturated carbocycles. The van der Waals surface area contributed by atoms with E-state index in [0.29, 0.717) is 19.6 Å². The van der Waals surface area contributed by atoms with Gasteiger partial charge >= 0.3 is 6.09 Å². The zero-order valence-corrected chi connectivity index (χ0v) is 17.6. The van der Waals surface area contributed by atoms with Crippen LogP contribution in [0, 0.1) is 0 Å². The Kier molecular flexibility index (Phi) is 6.51. The number of benzene rings is 1. The molecule has 0 spiro atoms. The summed E-state index contributed by atoms with van der Waals surface area (Å²) in [4.78, 5) is 32.9. The number of rotatable bonds is 5. The lowest BCUT2D eigenvalue weighted by molar-refractivity contribution is -0.132. The monoisotopic (exact) mass is 404 g/mol. The summed E-state index contributed by atoms with van der Waals surface area (Å²) in [5, 5.41) is 3.75. The van der Waals surface area contributed by atoms with Crippen molar-refractivity contribution in [2.24, 2.45) is 0 Å². The quantitative estimate of drug-likeness (QED) is 0.829. The van der Waals surface area contributed by atoms with E-state index in [0.717, 1.165) is 30.2 Å². The molecule has 1 N–H and O–H groups in total.